The third kappa shape index (κ3) is 1.58. The first-order valence-corrected chi connectivity index (χ1v) is 4.86. The lowest BCUT2D eigenvalue weighted by Crippen LogP contribution is -2.17. The smallest absolute Gasteiger partial charge is 0.247 e. The Morgan fingerprint density at radius 2 is 1.33 bits per heavy atom. The number of rotatable bonds is 1. The minimum Gasteiger partial charge on any atom is -0.348 e. The number of benzene rings is 1. The maximum atomic E-state index is 13.5. The monoisotopic (exact) mass is 263 g/mol. The van der Waals surface area contributed by atoms with Crippen LogP contribution in [0.15, 0.2) is 5.57 Å². The Hall–Kier alpha value is -1.92. The summed E-state index contributed by atoms with van der Waals surface area (Å²) in [6, 6.07) is 0. The van der Waals surface area contributed by atoms with Gasteiger partial charge in [0.15, 0.2) is 23.3 Å². The Kier molecular flexibility index (Phi) is 2.84. The van der Waals surface area contributed by atoms with Crippen LogP contribution in [0.2, 0.25) is 0 Å². The lowest BCUT2D eigenvalue weighted by atomic mass is 10.0. The summed E-state index contributed by atoms with van der Waals surface area (Å²) in [7, 11) is 0. The zero-order chi connectivity index (χ0) is 13.6. The number of carbonyl (C=O) groups excluding carboxylic acids is 1. The van der Waals surface area contributed by atoms with Gasteiger partial charge in [0.05, 0.1) is 5.56 Å². The highest BCUT2D eigenvalue weighted by molar-refractivity contribution is 6.05. The van der Waals surface area contributed by atoms with Crippen molar-refractivity contribution in [2.75, 3.05) is 6.54 Å². The molecule has 96 valence electrons. The molecule has 0 saturated carbocycles. The Labute approximate surface area is 98.1 Å². The molecule has 0 aliphatic carbocycles. The van der Waals surface area contributed by atoms with Gasteiger partial charge in [0, 0.05) is 12.1 Å². The van der Waals surface area contributed by atoms with Crippen LogP contribution in [0.5, 0.6) is 0 Å². The molecular weight excluding hydrogens is 257 g/mol. The number of carbonyl (C=O) groups is 1. The van der Waals surface area contributed by atoms with E-state index in [0.717, 1.165) is 0 Å². The normalized spacial score (nSPS) is 15.3. The van der Waals surface area contributed by atoms with Gasteiger partial charge in [-0.1, -0.05) is 0 Å². The van der Waals surface area contributed by atoms with E-state index in [1.165, 1.54) is 6.92 Å². The predicted octanol–water partition coefficient (Wildman–Crippen LogP) is 2.29. The summed E-state index contributed by atoms with van der Waals surface area (Å²) in [6.45, 7) is 0.971. The molecular formula is C11H6F5NO. The molecule has 1 amide bonds. The van der Waals surface area contributed by atoms with Crippen LogP contribution >= 0.6 is 0 Å². The van der Waals surface area contributed by atoms with Crippen molar-refractivity contribution < 1.29 is 26.7 Å². The van der Waals surface area contributed by atoms with Gasteiger partial charge >= 0.3 is 0 Å². The second kappa shape index (κ2) is 4.08. The highest BCUT2D eigenvalue weighted by Crippen LogP contribution is 2.31. The molecule has 1 N–H and O–H groups in total. The van der Waals surface area contributed by atoms with Crippen molar-refractivity contribution in [2.45, 2.75) is 6.92 Å². The van der Waals surface area contributed by atoms with Crippen LogP contribution in [0, 0.1) is 29.1 Å². The minimum absolute atomic E-state index is 0.0711. The van der Waals surface area contributed by atoms with Gasteiger partial charge in [-0.05, 0) is 12.5 Å². The standard InChI is InChI=1S/C11H6F5NO/c1-3-4(2-17-11(3)18)5-6(12)8(14)10(16)9(15)7(5)13/h2H2,1H3,(H,17,18). The summed E-state index contributed by atoms with van der Waals surface area (Å²) in [5.41, 5.74) is -1.35. The summed E-state index contributed by atoms with van der Waals surface area (Å²) in [5.74, 6) is -10.7. The molecule has 0 fully saturated rings. The molecule has 7 heteroatoms. The van der Waals surface area contributed by atoms with Crippen molar-refractivity contribution >= 4 is 11.5 Å². The fourth-order valence-corrected chi connectivity index (χ4v) is 1.72. The molecule has 0 spiro atoms. The van der Waals surface area contributed by atoms with E-state index in [2.05, 4.69) is 5.32 Å². The molecule has 0 radical (unpaired) electrons. The van der Waals surface area contributed by atoms with Gasteiger partial charge in [-0.25, -0.2) is 22.0 Å². The van der Waals surface area contributed by atoms with Gasteiger partial charge in [0.25, 0.3) is 0 Å². The topological polar surface area (TPSA) is 29.1 Å². The second-order valence-electron chi connectivity index (χ2n) is 3.73. The molecule has 1 aliphatic heterocycles. The summed E-state index contributed by atoms with van der Waals surface area (Å²) in [4.78, 5) is 11.1. The molecule has 2 nitrogen and oxygen atoms in total. The van der Waals surface area contributed by atoms with Crippen LogP contribution < -0.4 is 5.32 Å². The molecule has 18 heavy (non-hydrogen) atoms. The van der Waals surface area contributed by atoms with Gasteiger partial charge < -0.3 is 5.32 Å². The van der Waals surface area contributed by atoms with E-state index in [9.17, 15) is 26.7 Å². The zero-order valence-corrected chi connectivity index (χ0v) is 9.01. The summed E-state index contributed by atoms with van der Waals surface area (Å²) in [5, 5.41) is 2.24. The second-order valence-corrected chi connectivity index (χ2v) is 3.73. The number of amides is 1. The summed E-state index contributed by atoms with van der Waals surface area (Å²) in [6.07, 6.45) is 0. The number of nitrogens with one attached hydrogen (secondary N) is 1. The Morgan fingerprint density at radius 3 is 1.72 bits per heavy atom. The van der Waals surface area contributed by atoms with Crippen LogP contribution in [0.4, 0.5) is 22.0 Å². The SMILES string of the molecule is CC1=C(c2c(F)c(F)c(F)c(F)c2F)CNC1=O. The maximum Gasteiger partial charge on any atom is 0.247 e. The van der Waals surface area contributed by atoms with E-state index in [0.29, 0.717) is 0 Å². The zero-order valence-electron chi connectivity index (χ0n) is 9.01. The first kappa shape index (κ1) is 12.5. The molecule has 2 rings (SSSR count). The van der Waals surface area contributed by atoms with E-state index >= 15 is 0 Å². The van der Waals surface area contributed by atoms with Gasteiger partial charge in [-0.2, -0.15) is 0 Å². The molecule has 0 bridgehead atoms. The molecule has 1 heterocycles. The van der Waals surface area contributed by atoms with Gasteiger partial charge in [-0.3, -0.25) is 4.79 Å². The van der Waals surface area contributed by atoms with Crippen molar-refractivity contribution in [2.24, 2.45) is 0 Å². The van der Waals surface area contributed by atoms with Crippen molar-refractivity contribution in [3.05, 3.63) is 40.2 Å². The molecule has 0 atom stereocenters. The molecule has 0 aromatic heterocycles. The number of hydrogen-bond donors (Lipinski definition) is 1. The van der Waals surface area contributed by atoms with E-state index < -0.39 is 40.6 Å². The third-order valence-electron chi connectivity index (χ3n) is 2.73. The minimum atomic E-state index is -2.22. The van der Waals surface area contributed by atoms with Crippen LogP contribution in [0.1, 0.15) is 12.5 Å². The van der Waals surface area contributed by atoms with E-state index in [4.69, 9.17) is 0 Å². The molecule has 0 unspecified atom stereocenters. The molecule has 0 saturated heterocycles. The Bertz CT molecular complexity index is 565. The van der Waals surface area contributed by atoms with E-state index in [1.807, 2.05) is 0 Å². The highest BCUT2D eigenvalue weighted by atomic mass is 19.2. The molecule has 1 aliphatic rings. The molecule has 1 aromatic rings. The molecule has 1 aromatic carbocycles. The van der Waals surface area contributed by atoms with E-state index in [1.54, 1.807) is 0 Å². The maximum absolute atomic E-state index is 13.5. The average molecular weight is 263 g/mol. The van der Waals surface area contributed by atoms with E-state index in [-0.39, 0.29) is 17.7 Å². The van der Waals surface area contributed by atoms with Gasteiger partial charge in [0.1, 0.15) is 0 Å². The summed E-state index contributed by atoms with van der Waals surface area (Å²) < 4.78 is 65.7. The number of hydrogen-bond acceptors (Lipinski definition) is 1. The number of halogens is 5. The van der Waals surface area contributed by atoms with Gasteiger partial charge in [0.2, 0.25) is 11.7 Å². The highest BCUT2D eigenvalue weighted by Gasteiger charge is 2.31. The first-order chi connectivity index (χ1) is 8.36. The first-order valence-electron chi connectivity index (χ1n) is 4.86. The fourth-order valence-electron chi connectivity index (χ4n) is 1.72. The van der Waals surface area contributed by atoms with Crippen molar-refractivity contribution in [3.63, 3.8) is 0 Å². The lowest BCUT2D eigenvalue weighted by Gasteiger charge is -2.09. The van der Waals surface area contributed by atoms with Crippen LogP contribution in [0.3, 0.4) is 0 Å². The summed E-state index contributed by atoms with van der Waals surface area (Å²) >= 11 is 0. The van der Waals surface area contributed by atoms with Crippen molar-refractivity contribution in [1.82, 2.24) is 5.32 Å². The van der Waals surface area contributed by atoms with Crippen LogP contribution in [0.25, 0.3) is 5.57 Å². The van der Waals surface area contributed by atoms with Crippen molar-refractivity contribution in [3.8, 4) is 0 Å². The van der Waals surface area contributed by atoms with Crippen LogP contribution in [-0.2, 0) is 4.79 Å². The Balaban J connectivity index is 2.78. The predicted molar refractivity (Wildman–Crippen MR) is 51.8 cm³/mol. The Morgan fingerprint density at radius 1 is 0.889 bits per heavy atom. The fraction of sp³-hybridized carbons (Fsp3) is 0.182. The van der Waals surface area contributed by atoms with Crippen LogP contribution in [-0.4, -0.2) is 12.5 Å². The third-order valence-corrected chi connectivity index (χ3v) is 2.73. The van der Waals surface area contributed by atoms with Gasteiger partial charge in [-0.15, -0.1) is 0 Å². The largest absolute Gasteiger partial charge is 0.348 e. The average Bonchev–Trinajstić information content (AvgIpc) is 2.66. The lowest BCUT2D eigenvalue weighted by molar-refractivity contribution is -0.116. The quantitative estimate of drug-likeness (QED) is 0.470. The van der Waals surface area contributed by atoms with Crippen molar-refractivity contribution in [1.29, 1.82) is 0 Å².